The van der Waals surface area contributed by atoms with Gasteiger partial charge >= 0.3 is 0 Å². The van der Waals surface area contributed by atoms with Crippen molar-refractivity contribution in [3.8, 4) is 0 Å². The number of nitrogens with zero attached hydrogens (tertiary/aromatic N) is 2. The van der Waals surface area contributed by atoms with E-state index in [0.29, 0.717) is 9.80 Å². The number of amides is 4. The Bertz CT molecular complexity index is 675. The second kappa shape index (κ2) is 5.87. The molecular weight excluding hydrogens is 324 g/mol. The smallest absolute Gasteiger partial charge is 0.297 e. The fourth-order valence-corrected chi connectivity index (χ4v) is 2.59. The Hall–Kier alpha value is -3.04. The van der Waals surface area contributed by atoms with Gasteiger partial charge in [-0.25, -0.2) is 0 Å². The molecule has 0 aromatic carbocycles. The van der Waals surface area contributed by atoms with Gasteiger partial charge in [-0.2, -0.15) is 0 Å². The van der Waals surface area contributed by atoms with Crippen molar-refractivity contribution in [2.45, 2.75) is 13.8 Å². The van der Waals surface area contributed by atoms with Crippen molar-refractivity contribution < 1.29 is 38.4 Å². The minimum atomic E-state index is -1.71. The molecule has 0 aromatic heterocycles. The zero-order valence-corrected chi connectivity index (χ0v) is 12.7. The first-order valence-corrected chi connectivity index (χ1v) is 6.89. The van der Waals surface area contributed by atoms with Crippen molar-refractivity contribution >= 4 is 46.8 Å². The number of hydrogen-bond acceptors (Lipinski definition) is 8. The second-order valence-corrected chi connectivity index (χ2v) is 5.41. The van der Waals surface area contributed by atoms with Gasteiger partial charge in [0.25, 0.3) is 11.8 Å². The van der Waals surface area contributed by atoms with Crippen LogP contribution in [0.4, 0.5) is 0 Å². The Morgan fingerprint density at radius 2 is 1.00 bits per heavy atom. The summed E-state index contributed by atoms with van der Waals surface area (Å²) in [5.74, 6) is -11.9. The lowest BCUT2D eigenvalue weighted by atomic mass is 10.0. The Morgan fingerprint density at radius 3 is 1.21 bits per heavy atom. The summed E-state index contributed by atoms with van der Waals surface area (Å²) < 4.78 is 0. The molecule has 0 radical (unpaired) electrons. The van der Waals surface area contributed by atoms with E-state index in [1.165, 1.54) is 0 Å². The summed E-state index contributed by atoms with van der Waals surface area (Å²) in [6, 6.07) is 0. The highest BCUT2D eigenvalue weighted by atomic mass is 16.2. The van der Waals surface area contributed by atoms with Crippen LogP contribution in [0.5, 0.6) is 0 Å². The van der Waals surface area contributed by atoms with Gasteiger partial charge in [0.2, 0.25) is 23.4 Å². The summed E-state index contributed by atoms with van der Waals surface area (Å²) in [4.78, 5) is 94.0. The Balaban J connectivity index is 2.14. The van der Waals surface area contributed by atoms with E-state index >= 15 is 0 Å². The number of carbonyl (C=O) groups excluding carboxylic acids is 8. The van der Waals surface area contributed by atoms with Crippen molar-refractivity contribution in [1.29, 1.82) is 0 Å². The summed E-state index contributed by atoms with van der Waals surface area (Å²) in [6.45, 7) is 0.896. The number of ketones is 4. The number of imide groups is 2. The summed E-state index contributed by atoms with van der Waals surface area (Å²) in [5.41, 5.74) is 0. The molecule has 2 atom stereocenters. The SMILES string of the molecule is CC(=O)C1C(=O)C(=O)N(CCN2C(=O)C(=O)C(C(C)=O)C2=O)C1=O. The van der Waals surface area contributed by atoms with Gasteiger partial charge in [0.15, 0.2) is 11.8 Å². The first kappa shape index (κ1) is 17.3. The molecule has 2 aliphatic heterocycles. The fourth-order valence-electron chi connectivity index (χ4n) is 2.59. The van der Waals surface area contributed by atoms with Crippen LogP contribution >= 0.6 is 0 Å². The van der Waals surface area contributed by atoms with Crippen LogP contribution in [0.1, 0.15) is 13.8 Å². The lowest BCUT2D eigenvalue weighted by Gasteiger charge is -2.18. The zero-order chi connectivity index (χ0) is 18.3. The quantitative estimate of drug-likeness (QED) is 0.299. The molecule has 0 aromatic rings. The maximum absolute atomic E-state index is 11.9. The van der Waals surface area contributed by atoms with Gasteiger partial charge in [0.05, 0.1) is 0 Å². The molecule has 126 valence electrons. The normalized spacial score (nSPS) is 24.4. The van der Waals surface area contributed by atoms with E-state index in [-0.39, 0.29) is 0 Å². The molecule has 24 heavy (non-hydrogen) atoms. The van der Waals surface area contributed by atoms with E-state index in [9.17, 15) is 38.4 Å². The second-order valence-electron chi connectivity index (χ2n) is 5.41. The Labute approximate surface area is 134 Å². The molecule has 4 amide bonds. The maximum atomic E-state index is 11.9. The van der Waals surface area contributed by atoms with Crippen LogP contribution in [0.3, 0.4) is 0 Å². The van der Waals surface area contributed by atoms with Crippen LogP contribution in [0.2, 0.25) is 0 Å². The predicted molar refractivity (Wildman–Crippen MR) is 71.8 cm³/mol. The Kier molecular flexibility index (Phi) is 4.24. The molecule has 2 saturated heterocycles. The third-order valence-electron chi connectivity index (χ3n) is 3.82. The van der Waals surface area contributed by atoms with Crippen LogP contribution < -0.4 is 0 Å². The number of Topliss-reactive ketones (excluding diaryl/α,β-unsaturated/α-hetero) is 4. The van der Waals surface area contributed by atoms with Crippen molar-refractivity contribution in [1.82, 2.24) is 9.80 Å². The van der Waals surface area contributed by atoms with Crippen LogP contribution in [0.25, 0.3) is 0 Å². The van der Waals surface area contributed by atoms with E-state index in [0.717, 1.165) is 13.8 Å². The number of likely N-dealkylation sites (tertiary alicyclic amines) is 2. The highest BCUT2D eigenvalue weighted by Gasteiger charge is 2.52. The molecule has 0 N–H and O–H groups in total. The molecule has 0 spiro atoms. The fraction of sp³-hybridized carbons (Fsp3) is 0.429. The van der Waals surface area contributed by atoms with Crippen molar-refractivity contribution in [3.05, 3.63) is 0 Å². The lowest BCUT2D eigenvalue weighted by molar-refractivity contribution is -0.147. The molecule has 10 nitrogen and oxygen atoms in total. The molecule has 2 rings (SSSR count). The third kappa shape index (κ3) is 2.45. The van der Waals surface area contributed by atoms with Crippen LogP contribution in [-0.4, -0.2) is 69.7 Å². The minimum absolute atomic E-state index is 0.459. The molecule has 0 aliphatic carbocycles. The highest BCUT2D eigenvalue weighted by molar-refractivity contribution is 6.53. The first-order chi connectivity index (χ1) is 11.1. The van der Waals surface area contributed by atoms with E-state index in [2.05, 4.69) is 0 Å². The van der Waals surface area contributed by atoms with Crippen LogP contribution in [-0.2, 0) is 38.4 Å². The van der Waals surface area contributed by atoms with Crippen molar-refractivity contribution in [3.63, 3.8) is 0 Å². The monoisotopic (exact) mass is 336 g/mol. The van der Waals surface area contributed by atoms with Gasteiger partial charge in [-0.3, -0.25) is 48.2 Å². The van der Waals surface area contributed by atoms with Gasteiger partial charge in [-0.1, -0.05) is 0 Å². The molecule has 2 heterocycles. The standard InChI is InChI=1S/C14H12N2O8/c1-5(17)7-9(19)13(23)15(11(7)21)3-4-16-12(22)8(6(2)18)10(20)14(16)24/h7-8H,3-4H2,1-2H3. The van der Waals surface area contributed by atoms with Crippen LogP contribution in [0.15, 0.2) is 0 Å². The van der Waals surface area contributed by atoms with Gasteiger partial charge in [0.1, 0.15) is 11.6 Å². The molecule has 0 bridgehead atoms. The van der Waals surface area contributed by atoms with Gasteiger partial charge in [0, 0.05) is 13.1 Å². The molecular formula is C14H12N2O8. The largest absolute Gasteiger partial charge is 0.299 e. The molecule has 2 aliphatic rings. The average Bonchev–Trinajstić information content (AvgIpc) is 2.82. The summed E-state index contributed by atoms with van der Waals surface area (Å²) >= 11 is 0. The van der Waals surface area contributed by atoms with E-state index < -0.39 is 71.7 Å². The zero-order valence-electron chi connectivity index (χ0n) is 12.7. The topological polar surface area (TPSA) is 143 Å². The van der Waals surface area contributed by atoms with Gasteiger partial charge in [-0.15, -0.1) is 0 Å². The number of rotatable bonds is 5. The molecule has 10 heteroatoms. The Morgan fingerprint density at radius 1 is 0.708 bits per heavy atom. The highest BCUT2D eigenvalue weighted by Crippen LogP contribution is 2.20. The molecule has 2 fully saturated rings. The summed E-state index contributed by atoms with van der Waals surface area (Å²) in [5, 5.41) is 0. The minimum Gasteiger partial charge on any atom is -0.299 e. The van der Waals surface area contributed by atoms with Crippen molar-refractivity contribution in [2.24, 2.45) is 11.8 Å². The molecule has 0 saturated carbocycles. The summed E-state index contributed by atoms with van der Waals surface area (Å²) in [7, 11) is 0. The third-order valence-corrected chi connectivity index (χ3v) is 3.82. The van der Waals surface area contributed by atoms with E-state index in [1.54, 1.807) is 0 Å². The average molecular weight is 336 g/mol. The van der Waals surface area contributed by atoms with E-state index in [4.69, 9.17) is 0 Å². The van der Waals surface area contributed by atoms with E-state index in [1.807, 2.05) is 0 Å². The number of hydrogen-bond donors (Lipinski definition) is 0. The molecule has 2 unspecified atom stereocenters. The first-order valence-electron chi connectivity index (χ1n) is 6.89. The van der Waals surface area contributed by atoms with Crippen molar-refractivity contribution in [2.75, 3.05) is 13.1 Å². The summed E-state index contributed by atoms with van der Waals surface area (Å²) in [6.07, 6.45) is 0. The van der Waals surface area contributed by atoms with Gasteiger partial charge in [-0.05, 0) is 13.8 Å². The van der Waals surface area contributed by atoms with Crippen LogP contribution in [0, 0.1) is 11.8 Å². The van der Waals surface area contributed by atoms with Gasteiger partial charge < -0.3 is 0 Å². The lowest BCUT2D eigenvalue weighted by Crippen LogP contribution is -2.42. The maximum Gasteiger partial charge on any atom is 0.297 e. The predicted octanol–water partition coefficient (Wildman–Crippen LogP) is -2.73. The number of carbonyl (C=O) groups is 8.